The average Bonchev–Trinajstić information content (AvgIpc) is 3.76. The minimum atomic E-state index is -0.457. The summed E-state index contributed by atoms with van der Waals surface area (Å²) in [5.74, 6) is 1.81. The van der Waals surface area contributed by atoms with Gasteiger partial charge in [0.15, 0.2) is 0 Å². The fourth-order valence-corrected chi connectivity index (χ4v) is 9.69. The Balaban J connectivity index is 0.981. The lowest BCUT2D eigenvalue weighted by Gasteiger charge is -2.39. The molecule has 0 saturated carbocycles. The molecule has 4 aliphatic rings. The van der Waals surface area contributed by atoms with E-state index in [-0.39, 0.29) is 6.17 Å². The van der Waals surface area contributed by atoms with Crippen LogP contribution in [0.5, 0.6) is 11.5 Å². The van der Waals surface area contributed by atoms with Crippen molar-refractivity contribution in [1.29, 1.82) is 0 Å². The highest BCUT2D eigenvalue weighted by Gasteiger charge is 2.51. The van der Waals surface area contributed by atoms with E-state index in [2.05, 4.69) is 192 Å². The summed E-state index contributed by atoms with van der Waals surface area (Å²) in [6.45, 7) is 0. The van der Waals surface area contributed by atoms with Crippen LogP contribution < -0.4 is 15.0 Å². The van der Waals surface area contributed by atoms with Crippen LogP contribution in [0.25, 0.3) is 44.5 Å². The molecular formula is C50H32N2O. The van der Waals surface area contributed by atoms with E-state index in [0.29, 0.717) is 0 Å². The Morgan fingerprint density at radius 3 is 1.79 bits per heavy atom. The van der Waals surface area contributed by atoms with Crippen molar-refractivity contribution in [3.8, 4) is 56.0 Å². The molecule has 0 saturated heterocycles. The molecule has 1 atom stereocenters. The lowest BCUT2D eigenvalue weighted by molar-refractivity contribution is 0.436. The topological polar surface area (TPSA) is 24.5 Å². The summed E-state index contributed by atoms with van der Waals surface area (Å²) in [6.07, 6.45) is 0.0271. The lowest BCUT2D eigenvalue weighted by atomic mass is 9.66. The summed E-state index contributed by atoms with van der Waals surface area (Å²) in [5, 5.41) is 3.83. The van der Waals surface area contributed by atoms with E-state index in [0.717, 1.165) is 28.3 Å². The van der Waals surface area contributed by atoms with Gasteiger partial charge < -0.3 is 15.0 Å². The van der Waals surface area contributed by atoms with Gasteiger partial charge in [0.2, 0.25) is 0 Å². The summed E-state index contributed by atoms with van der Waals surface area (Å²) in [5.41, 5.74) is 19.2. The Bertz CT molecular complexity index is 2790. The number of ether oxygens (including phenoxy) is 1. The molecule has 248 valence electrons. The fraction of sp³-hybridized carbons (Fsp3) is 0.0400. The van der Waals surface area contributed by atoms with Crippen molar-refractivity contribution in [3.63, 3.8) is 0 Å². The molecule has 1 N–H and O–H groups in total. The molecule has 0 aromatic heterocycles. The number of para-hydroxylation sites is 4. The molecule has 0 radical (unpaired) electrons. The minimum absolute atomic E-state index is 0.0271. The van der Waals surface area contributed by atoms with Gasteiger partial charge in [-0.25, -0.2) is 0 Å². The van der Waals surface area contributed by atoms with Gasteiger partial charge in [-0.05, 0) is 92.5 Å². The van der Waals surface area contributed by atoms with Gasteiger partial charge in [0.25, 0.3) is 0 Å². The first-order valence-electron chi connectivity index (χ1n) is 18.4. The number of hydrogen-bond acceptors (Lipinski definition) is 3. The lowest BCUT2D eigenvalue weighted by Crippen LogP contribution is -2.32. The molecule has 53 heavy (non-hydrogen) atoms. The summed E-state index contributed by atoms with van der Waals surface area (Å²) in [7, 11) is 0. The molecule has 3 nitrogen and oxygen atoms in total. The van der Waals surface area contributed by atoms with Crippen molar-refractivity contribution < 1.29 is 4.74 Å². The van der Waals surface area contributed by atoms with Crippen molar-refractivity contribution in [2.24, 2.45) is 0 Å². The van der Waals surface area contributed by atoms with E-state index in [1.165, 1.54) is 72.6 Å². The number of anilines is 3. The van der Waals surface area contributed by atoms with Crippen LogP contribution in [0.4, 0.5) is 17.1 Å². The van der Waals surface area contributed by atoms with Crippen LogP contribution in [-0.4, -0.2) is 0 Å². The van der Waals surface area contributed by atoms with Crippen molar-refractivity contribution in [2.45, 2.75) is 11.6 Å². The summed E-state index contributed by atoms with van der Waals surface area (Å²) in [4.78, 5) is 2.45. The third-order valence-electron chi connectivity index (χ3n) is 11.9. The Morgan fingerprint density at radius 2 is 1.00 bits per heavy atom. The molecule has 3 heteroatoms. The van der Waals surface area contributed by atoms with Crippen LogP contribution in [0.2, 0.25) is 0 Å². The van der Waals surface area contributed by atoms with E-state index >= 15 is 0 Å². The highest BCUT2D eigenvalue weighted by molar-refractivity contribution is 5.96. The first kappa shape index (κ1) is 28.8. The van der Waals surface area contributed by atoms with Crippen molar-refractivity contribution in [3.05, 3.63) is 210 Å². The Labute approximate surface area is 308 Å². The number of benzene rings is 8. The maximum atomic E-state index is 6.82. The average molecular weight is 677 g/mol. The number of rotatable bonds is 2. The van der Waals surface area contributed by atoms with Crippen LogP contribution in [0.3, 0.4) is 0 Å². The zero-order valence-electron chi connectivity index (χ0n) is 28.8. The number of hydrogen-bond donors (Lipinski definition) is 1. The third kappa shape index (κ3) is 3.83. The quantitative estimate of drug-likeness (QED) is 0.197. The van der Waals surface area contributed by atoms with Gasteiger partial charge in [0.05, 0.1) is 22.5 Å². The molecule has 0 amide bonds. The second kappa shape index (κ2) is 10.6. The summed E-state index contributed by atoms with van der Waals surface area (Å²) >= 11 is 0. The van der Waals surface area contributed by atoms with E-state index in [9.17, 15) is 0 Å². The zero-order valence-corrected chi connectivity index (χ0v) is 28.8. The first-order valence-corrected chi connectivity index (χ1v) is 18.4. The second-order valence-electron chi connectivity index (χ2n) is 14.5. The maximum absolute atomic E-state index is 6.82. The first-order chi connectivity index (χ1) is 26.3. The molecule has 3 heterocycles. The fourth-order valence-electron chi connectivity index (χ4n) is 9.69. The van der Waals surface area contributed by atoms with Gasteiger partial charge in [-0.3, -0.25) is 0 Å². The molecule has 8 aromatic carbocycles. The zero-order chi connectivity index (χ0) is 34.7. The monoisotopic (exact) mass is 676 g/mol. The number of nitrogens with one attached hydrogen (secondary N) is 1. The van der Waals surface area contributed by atoms with Gasteiger partial charge in [-0.2, -0.15) is 0 Å². The van der Waals surface area contributed by atoms with Crippen molar-refractivity contribution >= 4 is 17.1 Å². The van der Waals surface area contributed by atoms with E-state index < -0.39 is 5.41 Å². The Morgan fingerprint density at radius 1 is 0.415 bits per heavy atom. The van der Waals surface area contributed by atoms with Gasteiger partial charge >= 0.3 is 0 Å². The van der Waals surface area contributed by atoms with E-state index in [1.54, 1.807) is 0 Å². The largest absolute Gasteiger partial charge is 0.457 e. The molecule has 1 spiro atoms. The van der Waals surface area contributed by atoms with Gasteiger partial charge in [0, 0.05) is 22.3 Å². The molecule has 8 aromatic rings. The van der Waals surface area contributed by atoms with Crippen molar-refractivity contribution in [1.82, 2.24) is 0 Å². The summed E-state index contributed by atoms with van der Waals surface area (Å²) in [6, 6.07) is 66.4. The SMILES string of the molecule is c1cc(-c2ccc3c(c2)Oc2ccccc2C32c3ccccc3-c3ccccc32)cc(-c2ccc3c(c2)C2Nc4ccccc4N2c2ccccc2-3)c1. The van der Waals surface area contributed by atoms with E-state index in [1.807, 2.05) is 0 Å². The van der Waals surface area contributed by atoms with Crippen LogP contribution in [0, 0.1) is 0 Å². The van der Waals surface area contributed by atoms with Gasteiger partial charge in [-0.1, -0.05) is 140 Å². The third-order valence-corrected chi connectivity index (χ3v) is 11.9. The normalized spacial score (nSPS) is 15.8. The highest BCUT2D eigenvalue weighted by atomic mass is 16.5. The van der Waals surface area contributed by atoms with E-state index in [4.69, 9.17) is 4.74 Å². The molecule has 1 aliphatic carbocycles. The van der Waals surface area contributed by atoms with Crippen LogP contribution in [-0.2, 0) is 5.41 Å². The van der Waals surface area contributed by atoms with Gasteiger partial charge in [0.1, 0.15) is 17.7 Å². The number of nitrogens with zero attached hydrogens (tertiary/aromatic N) is 1. The predicted molar refractivity (Wildman–Crippen MR) is 215 cm³/mol. The Hall–Kier alpha value is -6.84. The molecule has 3 aliphatic heterocycles. The second-order valence-corrected chi connectivity index (χ2v) is 14.5. The molecule has 1 unspecified atom stereocenters. The smallest absolute Gasteiger partial charge is 0.132 e. The Kier molecular flexibility index (Phi) is 5.76. The molecule has 0 fully saturated rings. The van der Waals surface area contributed by atoms with Crippen LogP contribution in [0.15, 0.2) is 182 Å². The minimum Gasteiger partial charge on any atom is -0.457 e. The highest BCUT2D eigenvalue weighted by Crippen LogP contribution is 2.62. The summed E-state index contributed by atoms with van der Waals surface area (Å²) < 4.78 is 6.82. The molecular weight excluding hydrogens is 645 g/mol. The van der Waals surface area contributed by atoms with Gasteiger partial charge in [-0.15, -0.1) is 0 Å². The standard InChI is InChI=1S/C50H32N2O/c1-4-17-40-36(14-1)37-15-2-5-18-41(37)50(40)42-19-6-10-23-47(42)53-48-30-34(25-27-43(48)50)32-13-11-12-31(28-32)33-24-26-35-38-16-3-8-21-45(38)52-46-22-9-7-20-44(46)51-49(52)39(35)29-33/h1-30,49,51H. The molecule has 12 rings (SSSR count). The predicted octanol–water partition coefficient (Wildman–Crippen LogP) is 12.7. The van der Waals surface area contributed by atoms with Crippen LogP contribution in [0.1, 0.15) is 34.0 Å². The van der Waals surface area contributed by atoms with Crippen LogP contribution >= 0.6 is 0 Å². The molecule has 0 bridgehead atoms. The number of fused-ring (bicyclic) bond motifs is 17. The van der Waals surface area contributed by atoms with Crippen molar-refractivity contribution in [2.75, 3.05) is 10.2 Å². The maximum Gasteiger partial charge on any atom is 0.132 e.